The normalized spacial score (nSPS) is 24.7. The average Bonchev–Trinajstić information content (AvgIpc) is 2.49. The van der Waals surface area contributed by atoms with E-state index in [-0.39, 0.29) is 23.2 Å². The second-order valence-electron chi connectivity index (χ2n) is 6.29. The molecule has 5 heteroatoms. The summed E-state index contributed by atoms with van der Waals surface area (Å²) in [6.07, 6.45) is 9.28. The van der Waals surface area contributed by atoms with E-state index in [0.717, 1.165) is 25.6 Å². The largest absolute Gasteiger partial charge is 0.348 e. The van der Waals surface area contributed by atoms with Gasteiger partial charge in [0.2, 0.25) is 0 Å². The van der Waals surface area contributed by atoms with E-state index in [9.17, 15) is 9.18 Å². The van der Waals surface area contributed by atoms with Gasteiger partial charge in [0, 0.05) is 11.6 Å². The molecule has 0 aromatic carbocycles. The number of piperidine rings is 1. The van der Waals surface area contributed by atoms with Crippen LogP contribution in [0.3, 0.4) is 0 Å². The highest BCUT2D eigenvalue weighted by atomic mass is 19.1. The second-order valence-corrected chi connectivity index (χ2v) is 6.29. The lowest BCUT2D eigenvalue weighted by molar-refractivity contribution is 0.0887. The zero-order valence-corrected chi connectivity index (χ0v) is 12.2. The van der Waals surface area contributed by atoms with Crippen LogP contribution in [0.25, 0.3) is 0 Å². The van der Waals surface area contributed by atoms with Gasteiger partial charge in [-0.3, -0.25) is 4.79 Å². The molecule has 1 saturated heterocycles. The van der Waals surface area contributed by atoms with Gasteiger partial charge in [-0.1, -0.05) is 19.3 Å². The summed E-state index contributed by atoms with van der Waals surface area (Å²) in [5.41, 5.74) is 0.498. The Labute approximate surface area is 124 Å². The van der Waals surface area contributed by atoms with Gasteiger partial charge in [0.05, 0.1) is 6.20 Å². The molecule has 2 aliphatic rings. The summed E-state index contributed by atoms with van der Waals surface area (Å²) in [5, 5.41) is 6.73. The molecule has 1 amide bonds. The number of carbonyl (C=O) groups is 1. The summed E-state index contributed by atoms with van der Waals surface area (Å²) in [7, 11) is 0. The molecule has 2 N–H and O–H groups in total. The van der Waals surface area contributed by atoms with Gasteiger partial charge in [-0.05, 0) is 44.4 Å². The molecule has 4 nitrogen and oxygen atoms in total. The van der Waals surface area contributed by atoms with Crippen LogP contribution < -0.4 is 10.6 Å². The van der Waals surface area contributed by atoms with E-state index in [1.54, 1.807) is 0 Å². The summed E-state index contributed by atoms with van der Waals surface area (Å²) in [6.45, 7) is 0.946. The molecular formula is C16H22FN3O. The van der Waals surface area contributed by atoms with Crippen molar-refractivity contribution in [2.24, 2.45) is 0 Å². The fourth-order valence-corrected chi connectivity index (χ4v) is 3.66. The zero-order chi connectivity index (χ0) is 14.7. The van der Waals surface area contributed by atoms with Crippen LogP contribution in [-0.2, 0) is 0 Å². The molecule has 2 fully saturated rings. The van der Waals surface area contributed by atoms with Crippen LogP contribution in [0.2, 0.25) is 0 Å². The van der Waals surface area contributed by atoms with Crippen molar-refractivity contribution in [3.8, 4) is 0 Å². The Balaban J connectivity index is 1.61. The summed E-state index contributed by atoms with van der Waals surface area (Å²) >= 11 is 0. The highest BCUT2D eigenvalue weighted by Crippen LogP contribution is 2.34. The summed E-state index contributed by atoms with van der Waals surface area (Å²) in [6, 6.07) is 2.89. The van der Waals surface area contributed by atoms with Gasteiger partial charge in [0.1, 0.15) is 11.5 Å². The van der Waals surface area contributed by atoms with Gasteiger partial charge in [0.25, 0.3) is 5.91 Å². The number of amides is 1. The van der Waals surface area contributed by atoms with Crippen LogP contribution in [0.5, 0.6) is 0 Å². The number of pyridine rings is 1. The maximum Gasteiger partial charge on any atom is 0.270 e. The van der Waals surface area contributed by atoms with Crippen molar-refractivity contribution in [3.05, 3.63) is 29.8 Å². The first-order valence-corrected chi connectivity index (χ1v) is 7.84. The number of rotatable bonds is 2. The van der Waals surface area contributed by atoms with E-state index in [1.165, 1.54) is 44.2 Å². The lowest BCUT2D eigenvalue weighted by Gasteiger charge is -2.44. The number of hydrogen-bond donors (Lipinski definition) is 2. The van der Waals surface area contributed by atoms with E-state index < -0.39 is 5.82 Å². The third kappa shape index (κ3) is 3.40. The molecule has 114 valence electrons. The van der Waals surface area contributed by atoms with Crippen molar-refractivity contribution in [1.29, 1.82) is 0 Å². The standard InChI is InChI=1S/C16H22FN3O/c17-12-4-5-14(18-11-12)15(21)20-13-6-9-19-16(10-13)7-2-1-3-8-16/h4-5,11,13,19H,1-3,6-10H2,(H,20,21). The molecule has 0 bridgehead atoms. The topological polar surface area (TPSA) is 54.0 Å². The SMILES string of the molecule is O=C(NC1CCNC2(CCCCC2)C1)c1ccc(F)cn1. The first-order valence-electron chi connectivity index (χ1n) is 7.84. The fraction of sp³-hybridized carbons (Fsp3) is 0.625. The molecule has 3 rings (SSSR count). The van der Waals surface area contributed by atoms with Gasteiger partial charge in [-0.15, -0.1) is 0 Å². The molecule has 1 aliphatic carbocycles. The lowest BCUT2D eigenvalue weighted by atomic mass is 9.75. The number of aromatic nitrogens is 1. The van der Waals surface area contributed by atoms with Gasteiger partial charge in [-0.2, -0.15) is 0 Å². The lowest BCUT2D eigenvalue weighted by Crippen LogP contribution is -2.57. The van der Waals surface area contributed by atoms with Crippen molar-refractivity contribution in [2.75, 3.05) is 6.54 Å². The van der Waals surface area contributed by atoms with Crippen LogP contribution >= 0.6 is 0 Å². The Morgan fingerprint density at radius 1 is 1.33 bits per heavy atom. The predicted molar refractivity (Wildman–Crippen MR) is 78.5 cm³/mol. The molecule has 1 atom stereocenters. The summed E-state index contributed by atoms with van der Waals surface area (Å²) in [5.74, 6) is -0.623. The summed E-state index contributed by atoms with van der Waals surface area (Å²) < 4.78 is 12.8. The Hall–Kier alpha value is -1.49. The van der Waals surface area contributed by atoms with Crippen LogP contribution in [0, 0.1) is 5.82 Å². The van der Waals surface area contributed by atoms with Gasteiger partial charge in [-0.25, -0.2) is 9.37 Å². The molecule has 1 aliphatic heterocycles. The van der Waals surface area contributed by atoms with Gasteiger partial charge in [0.15, 0.2) is 0 Å². The molecule has 1 saturated carbocycles. The van der Waals surface area contributed by atoms with Crippen molar-refractivity contribution < 1.29 is 9.18 Å². The number of carbonyl (C=O) groups excluding carboxylic acids is 1. The quantitative estimate of drug-likeness (QED) is 0.880. The third-order valence-electron chi connectivity index (χ3n) is 4.74. The van der Waals surface area contributed by atoms with Crippen LogP contribution in [-0.4, -0.2) is 29.0 Å². The smallest absolute Gasteiger partial charge is 0.270 e. The van der Waals surface area contributed by atoms with Crippen LogP contribution in [0.1, 0.15) is 55.4 Å². The number of halogens is 1. The highest BCUT2D eigenvalue weighted by Gasteiger charge is 2.37. The van der Waals surface area contributed by atoms with E-state index in [4.69, 9.17) is 0 Å². The Bertz CT molecular complexity index is 491. The molecule has 1 aromatic heterocycles. The van der Waals surface area contributed by atoms with Crippen molar-refractivity contribution in [1.82, 2.24) is 15.6 Å². The molecule has 1 spiro atoms. The number of nitrogens with zero attached hydrogens (tertiary/aromatic N) is 1. The molecule has 1 unspecified atom stereocenters. The number of nitrogens with one attached hydrogen (secondary N) is 2. The molecule has 1 aromatic rings. The first-order chi connectivity index (χ1) is 10.2. The van der Waals surface area contributed by atoms with Crippen LogP contribution in [0.4, 0.5) is 4.39 Å². The number of hydrogen-bond acceptors (Lipinski definition) is 3. The zero-order valence-electron chi connectivity index (χ0n) is 12.2. The predicted octanol–water partition coefficient (Wildman–Crippen LogP) is 2.41. The monoisotopic (exact) mass is 291 g/mol. The molecule has 0 radical (unpaired) electrons. The fourth-order valence-electron chi connectivity index (χ4n) is 3.66. The van der Waals surface area contributed by atoms with Crippen molar-refractivity contribution in [2.45, 2.75) is 56.5 Å². The van der Waals surface area contributed by atoms with E-state index in [0.29, 0.717) is 0 Å². The maximum atomic E-state index is 12.8. The Kier molecular flexibility index (Phi) is 4.19. The van der Waals surface area contributed by atoms with E-state index >= 15 is 0 Å². The minimum absolute atomic E-state index is 0.184. The minimum atomic E-state index is -0.422. The van der Waals surface area contributed by atoms with E-state index in [2.05, 4.69) is 15.6 Å². The average molecular weight is 291 g/mol. The molecular weight excluding hydrogens is 269 g/mol. The maximum absolute atomic E-state index is 12.8. The molecule has 2 heterocycles. The van der Waals surface area contributed by atoms with Crippen molar-refractivity contribution >= 4 is 5.91 Å². The Morgan fingerprint density at radius 2 is 2.14 bits per heavy atom. The Morgan fingerprint density at radius 3 is 2.86 bits per heavy atom. The van der Waals surface area contributed by atoms with Gasteiger partial charge >= 0.3 is 0 Å². The van der Waals surface area contributed by atoms with Crippen molar-refractivity contribution in [3.63, 3.8) is 0 Å². The van der Waals surface area contributed by atoms with Crippen LogP contribution in [0.15, 0.2) is 18.3 Å². The first kappa shape index (κ1) is 14.4. The second kappa shape index (κ2) is 6.10. The van der Waals surface area contributed by atoms with E-state index in [1.807, 2.05) is 0 Å². The highest BCUT2D eigenvalue weighted by molar-refractivity contribution is 5.92. The molecule has 21 heavy (non-hydrogen) atoms. The third-order valence-corrected chi connectivity index (χ3v) is 4.74. The van der Waals surface area contributed by atoms with Gasteiger partial charge < -0.3 is 10.6 Å². The minimum Gasteiger partial charge on any atom is -0.348 e. The summed E-state index contributed by atoms with van der Waals surface area (Å²) in [4.78, 5) is 16.0.